The normalized spacial score (nSPS) is 15.0. The van der Waals surface area contributed by atoms with Crippen LogP contribution in [0.3, 0.4) is 0 Å². The van der Waals surface area contributed by atoms with Crippen molar-refractivity contribution in [2.45, 2.75) is 13.8 Å². The van der Waals surface area contributed by atoms with Crippen molar-refractivity contribution in [1.82, 2.24) is 9.80 Å². The van der Waals surface area contributed by atoms with Gasteiger partial charge in [-0.15, -0.1) is 0 Å². The molecule has 1 aromatic heterocycles. The Bertz CT molecular complexity index is 1210. The zero-order valence-electron chi connectivity index (χ0n) is 20.5. The van der Waals surface area contributed by atoms with Gasteiger partial charge < -0.3 is 28.4 Å². The molecular formula is C27H32N2O5. The molecule has 0 spiro atoms. The van der Waals surface area contributed by atoms with Crippen molar-refractivity contribution >= 4 is 22.4 Å². The average Bonchev–Trinajstić information content (AvgIpc) is 3.26. The largest absolute Gasteiger partial charge is 0.493 e. The molecule has 3 aromatic rings. The number of rotatable bonds is 7. The van der Waals surface area contributed by atoms with Crippen LogP contribution in [0, 0.1) is 0 Å². The van der Waals surface area contributed by atoms with Gasteiger partial charge in [-0.05, 0) is 50.2 Å². The predicted molar refractivity (Wildman–Crippen MR) is 134 cm³/mol. The molecule has 1 fully saturated rings. The Morgan fingerprint density at radius 3 is 2.44 bits per heavy atom. The van der Waals surface area contributed by atoms with Crippen LogP contribution in [0.25, 0.3) is 27.7 Å². The molecule has 4 rings (SSSR count). The summed E-state index contributed by atoms with van der Waals surface area (Å²) in [7, 11) is 5.31. The van der Waals surface area contributed by atoms with Crippen LogP contribution in [-0.2, 0) is 4.79 Å². The number of hydrogen-bond acceptors (Lipinski definition) is 6. The molecule has 2 aromatic carbocycles. The zero-order chi connectivity index (χ0) is 24.2. The second kappa shape index (κ2) is 10.2. The molecule has 2 heterocycles. The highest BCUT2D eigenvalue weighted by molar-refractivity contribution is 6.00. The van der Waals surface area contributed by atoms with Crippen LogP contribution in [0.15, 0.2) is 47.1 Å². The lowest BCUT2D eigenvalue weighted by Gasteiger charge is -2.31. The third kappa shape index (κ3) is 4.75. The first-order valence-corrected chi connectivity index (χ1v) is 11.5. The summed E-state index contributed by atoms with van der Waals surface area (Å²) in [5, 5.41) is 0.936. The van der Waals surface area contributed by atoms with Gasteiger partial charge in [0.05, 0.1) is 27.1 Å². The molecule has 0 N–H and O–H groups in total. The summed E-state index contributed by atoms with van der Waals surface area (Å²) in [6.07, 6.45) is 3.45. The van der Waals surface area contributed by atoms with Gasteiger partial charge in [-0.2, -0.15) is 0 Å². The lowest BCUT2D eigenvalue weighted by Crippen LogP contribution is -2.46. The lowest BCUT2D eigenvalue weighted by molar-refractivity contribution is -0.127. The van der Waals surface area contributed by atoms with E-state index in [1.54, 1.807) is 26.6 Å². The number of amides is 1. The molecule has 7 nitrogen and oxygen atoms in total. The standard InChI is InChI=1S/C27H32N2O5/c1-6-33-24-16-25-21(22(17-34-25)19-7-8-23(31-4)26(14-19)32-5)15-20(24)18(2)13-27(30)29-11-9-28(3)10-12-29/h7-8,13-17H,6,9-12H2,1-5H3/b18-13+. The van der Waals surface area contributed by atoms with Gasteiger partial charge in [-0.25, -0.2) is 0 Å². The smallest absolute Gasteiger partial charge is 0.246 e. The fourth-order valence-electron chi connectivity index (χ4n) is 4.25. The van der Waals surface area contributed by atoms with Crippen LogP contribution in [-0.4, -0.2) is 69.8 Å². The van der Waals surface area contributed by atoms with Gasteiger partial charge in [0.2, 0.25) is 5.91 Å². The molecule has 1 amide bonds. The van der Waals surface area contributed by atoms with Gasteiger partial charge in [0, 0.05) is 54.8 Å². The predicted octanol–water partition coefficient (Wildman–Crippen LogP) is 4.69. The SMILES string of the molecule is CCOc1cc2occ(-c3ccc(OC)c(OC)c3)c2cc1/C(C)=C/C(=O)N1CCN(C)CC1. The number of allylic oxidation sites excluding steroid dienone is 1. The number of fused-ring (bicyclic) bond motifs is 1. The van der Waals surface area contributed by atoms with E-state index in [0.717, 1.165) is 59.4 Å². The van der Waals surface area contributed by atoms with Crippen molar-refractivity contribution < 1.29 is 23.4 Å². The summed E-state index contributed by atoms with van der Waals surface area (Å²) < 4.78 is 22.7. The first-order chi connectivity index (χ1) is 16.4. The summed E-state index contributed by atoms with van der Waals surface area (Å²) in [6.45, 7) is 7.66. The maximum Gasteiger partial charge on any atom is 0.246 e. The van der Waals surface area contributed by atoms with Crippen molar-refractivity contribution in [3.05, 3.63) is 48.2 Å². The quantitative estimate of drug-likeness (QED) is 0.473. The maximum absolute atomic E-state index is 12.9. The number of carbonyl (C=O) groups excluding carboxylic acids is 1. The third-order valence-electron chi connectivity index (χ3n) is 6.25. The van der Waals surface area contributed by atoms with Gasteiger partial charge in [-0.1, -0.05) is 6.07 Å². The Labute approximate surface area is 200 Å². The summed E-state index contributed by atoms with van der Waals surface area (Å²) >= 11 is 0. The molecule has 0 bridgehead atoms. The molecular weight excluding hydrogens is 432 g/mol. The van der Waals surface area contributed by atoms with Crippen LogP contribution in [0.5, 0.6) is 17.2 Å². The molecule has 0 saturated carbocycles. The Kier molecular flexibility index (Phi) is 7.12. The fourth-order valence-corrected chi connectivity index (χ4v) is 4.25. The summed E-state index contributed by atoms with van der Waals surface area (Å²) in [5.41, 5.74) is 4.32. The third-order valence-corrected chi connectivity index (χ3v) is 6.25. The molecule has 0 aliphatic carbocycles. The number of methoxy groups -OCH3 is 2. The monoisotopic (exact) mass is 464 g/mol. The Hall–Kier alpha value is -3.45. The van der Waals surface area contributed by atoms with Crippen molar-refractivity contribution in [3.8, 4) is 28.4 Å². The Morgan fingerprint density at radius 1 is 1.03 bits per heavy atom. The molecule has 1 aliphatic heterocycles. The molecule has 7 heteroatoms. The number of benzene rings is 2. The number of likely N-dealkylation sites (N-methyl/N-ethyl adjacent to an activating group) is 1. The van der Waals surface area contributed by atoms with E-state index in [1.165, 1.54) is 0 Å². The van der Waals surface area contributed by atoms with Crippen LogP contribution >= 0.6 is 0 Å². The van der Waals surface area contributed by atoms with Crippen molar-refractivity contribution in [2.75, 3.05) is 54.1 Å². The van der Waals surface area contributed by atoms with Gasteiger partial charge in [0.15, 0.2) is 11.5 Å². The zero-order valence-corrected chi connectivity index (χ0v) is 20.5. The topological polar surface area (TPSA) is 64.4 Å². The van der Waals surface area contributed by atoms with Gasteiger partial charge in [0.1, 0.15) is 11.3 Å². The Morgan fingerprint density at radius 2 is 1.76 bits per heavy atom. The number of carbonyl (C=O) groups is 1. The average molecular weight is 465 g/mol. The van der Waals surface area contributed by atoms with E-state index in [4.69, 9.17) is 18.6 Å². The van der Waals surface area contributed by atoms with E-state index in [1.807, 2.05) is 49.1 Å². The van der Waals surface area contributed by atoms with Crippen molar-refractivity contribution in [2.24, 2.45) is 0 Å². The molecule has 0 atom stereocenters. The maximum atomic E-state index is 12.9. The van der Waals surface area contributed by atoms with E-state index in [9.17, 15) is 4.79 Å². The highest BCUT2D eigenvalue weighted by Crippen LogP contribution is 2.40. The first kappa shape index (κ1) is 23.7. The minimum Gasteiger partial charge on any atom is -0.493 e. The molecule has 0 radical (unpaired) electrons. The van der Waals surface area contributed by atoms with Crippen molar-refractivity contribution in [3.63, 3.8) is 0 Å². The molecule has 0 unspecified atom stereocenters. The Balaban J connectivity index is 1.74. The van der Waals surface area contributed by atoms with Gasteiger partial charge in [0.25, 0.3) is 0 Å². The van der Waals surface area contributed by atoms with Crippen LogP contribution in [0.1, 0.15) is 19.4 Å². The molecule has 1 aliphatic rings. The van der Waals surface area contributed by atoms with Crippen molar-refractivity contribution in [1.29, 1.82) is 0 Å². The summed E-state index contributed by atoms with van der Waals surface area (Å²) in [5.74, 6) is 2.04. The van der Waals surface area contributed by atoms with Crippen LogP contribution < -0.4 is 14.2 Å². The number of ether oxygens (including phenoxy) is 3. The summed E-state index contributed by atoms with van der Waals surface area (Å²) in [6, 6.07) is 9.72. The summed E-state index contributed by atoms with van der Waals surface area (Å²) in [4.78, 5) is 17.1. The van der Waals surface area contributed by atoms with Crippen LogP contribution in [0.4, 0.5) is 0 Å². The molecule has 1 saturated heterocycles. The van der Waals surface area contributed by atoms with E-state index < -0.39 is 0 Å². The second-order valence-electron chi connectivity index (χ2n) is 8.45. The minimum absolute atomic E-state index is 0.0282. The number of hydrogen-bond donors (Lipinski definition) is 0. The van der Waals surface area contributed by atoms with E-state index in [-0.39, 0.29) is 5.91 Å². The van der Waals surface area contributed by atoms with Crippen LogP contribution in [0.2, 0.25) is 0 Å². The second-order valence-corrected chi connectivity index (χ2v) is 8.45. The number of piperazine rings is 1. The lowest BCUT2D eigenvalue weighted by atomic mass is 9.99. The highest BCUT2D eigenvalue weighted by Gasteiger charge is 2.20. The van der Waals surface area contributed by atoms with E-state index in [2.05, 4.69) is 11.9 Å². The molecule has 34 heavy (non-hydrogen) atoms. The fraction of sp³-hybridized carbons (Fsp3) is 0.370. The molecule has 180 valence electrons. The number of furan rings is 1. The van der Waals surface area contributed by atoms with Gasteiger partial charge in [-0.3, -0.25) is 4.79 Å². The first-order valence-electron chi connectivity index (χ1n) is 11.5. The van der Waals surface area contributed by atoms with E-state index in [0.29, 0.717) is 23.9 Å². The number of nitrogens with zero attached hydrogens (tertiary/aromatic N) is 2. The minimum atomic E-state index is 0.0282. The highest BCUT2D eigenvalue weighted by atomic mass is 16.5. The van der Waals surface area contributed by atoms with E-state index >= 15 is 0 Å². The van der Waals surface area contributed by atoms with Gasteiger partial charge >= 0.3 is 0 Å².